The normalized spacial score (nSPS) is 22.3. The summed E-state index contributed by atoms with van der Waals surface area (Å²) in [5.74, 6) is -0.578. The zero-order valence-electron chi connectivity index (χ0n) is 30.8. The number of carbonyl (C=O) groups excluding carboxylic acids is 3. The van der Waals surface area contributed by atoms with Crippen LogP contribution in [-0.4, -0.2) is 237 Å². The molecule has 0 unspecified atom stereocenters. The molecule has 2 amide bonds. The quantitative estimate of drug-likeness (QED) is 0.191. The number of nitrogens with zero attached hydrogens (tertiary/aromatic N) is 8. The van der Waals surface area contributed by atoms with Crippen LogP contribution in [0.1, 0.15) is 19.3 Å². The Bertz CT molecular complexity index is 863. The summed E-state index contributed by atoms with van der Waals surface area (Å²) in [6.07, 6.45) is 1.86. The number of likely N-dealkylation sites (N-methyl/N-ethyl adjacent to an activating group) is 6. The number of amides is 2. The third-order valence-electron chi connectivity index (χ3n) is 9.44. The molecule has 2 fully saturated rings. The SMILES string of the molecule is COC(=O)[C@H](CCCCNC(=O)CN1CCN(C)CCN(C)CCN(C)CC1)NC(=O)CN1CCN(C)CCN(C)CCN(C)CC1. The predicted octanol–water partition coefficient (Wildman–Crippen LogP) is -1.85. The zero-order chi connectivity index (χ0) is 34.6. The zero-order valence-corrected chi connectivity index (χ0v) is 30.8. The van der Waals surface area contributed by atoms with Crippen molar-refractivity contribution >= 4 is 17.8 Å². The van der Waals surface area contributed by atoms with E-state index in [-0.39, 0.29) is 18.4 Å². The van der Waals surface area contributed by atoms with Crippen molar-refractivity contribution in [2.75, 3.05) is 174 Å². The van der Waals surface area contributed by atoms with Crippen LogP contribution in [-0.2, 0) is 19.1 Å². The van der Waals surface area contributed by atoms with Gasteiger partial charge in [0, 0.05) is 111 Å². The van der Waals surface area contributed by atoms with E-state index in [9.17, 15) is 14.4 Å². The van der Waals surface area contributed by atoms with E-state index in [0.29, 0.717) is 32.4 Å². The van der Waals surface area contributed by atoms with Crippen molar-refractivity contribution in [1.82, 2.24) is 49.8 Å². The molecule has 14 heteroatoms. The second-order valence-corrected chi connectivity index (χ2v) is 13.9. The number of esters is 1. The van der Waals surface area contributed by atoms with Crippen LogP contribution in [0, 0.1) is 0 Å². The second kappa shape index (κ2) is 23.4. The van der Waals surface area contributed by atoms with Gasteiger partial charge in [-0.2, -0.15) is 0 Å². The van der Waals surface area contributed by atoms with Gasteiger partial charge in [0.15, 0.2) is 0 Å². The number of methoxy groups -OCH3 is 1. The minimum Gasteiger partial charge on any atom is -0.467 e. The summed E-state index contributed by atoms with van der Waals surface area (Å²) in [5, 5.41) is 5.99. The molecule has 2 saturated heterocycles. The van der Waals surface area contributed by atoms with Crippen LogP contribution in [0.3, 0.4) is 0 Å². The molecule has 0 saturated carbocycles. The van der Waals surface area contributed by atoms with E-state index in [2.05, 4.69) is 92.1 Å². The number of hydrogen-bond donors (Lipinski definition) is 2. The average Bonchev–Trinajstić information content (AvgIpc) is 3.04. The summed E-state index contributed by atoms with van der Waals surface area (Å²) in [6.45, 7) is 16.1. The number of carbonyl (C=O) groups is 3. The van der Waals surface area contributed by atoms with Crippen LogP contribution >= 0.6 is 0 Å². The smallest absolute Gasteiger partial charge is 0.328 e. The topological polar surface area (TPSA) is 110 Å². The third kappa shape index (κ3) is 19.0. The summed E-state index contributed by atoms with van der Waals surface area (Å²) in [4.78, 5) is 56.9. The lowest BCUT2D eigenvalue weighted by Gasteiger charge is -2.30. The van der Waals surface area contributed by atoms with Crippen molar-refractivity contribution in [3.63, 3.8) is 0 Å². The van der Waals surface area contributed by atoms with E-state index in [1.54, 1.807) is 0 Å². The minimum atomic E-state index is -0.701. The van der Waals surface area contributed by atoms with Gasteiger partial charge in [-0.25, -0.2) is 4.79 Å². The highest BCUT2D eigenvalue weighted by molar-refractivity contribution is 5.85. The van der Waals surface area contributed by atoms with Crippen molar-refractivity contribution in [2.24, 2.45) is 0 Å². The second-order valence-electron chi connectivity index (χ2n) is 13.9. The van der Waals surface area contributed by atoms with Gasteiger partial charge >= 0.3 is 5.97 Å². The molecule has 1 atom stereocenters. The fraction of sp³-hybridized carbons (Fsp3) is 0.909. The molecule has 0 aromatic heterocycles. The van der Waals surface area contributed by atoms with Crippen LogP contribution in [0.25, 0.3) is 0 Å². The van der Waals surface area contributed by atoms with Gasteiger partial charge in [-0.1, -0.05) is 0 Å². The maximum atomic E-state index is 13.1. The molecule has 0 aliphatic carbocycles. The molecule has 0 bridgehead atoms. The minimum absolute atomic E-state index is 0.0225. The molecule has 0 radical (unpaired) electrons. The van der Waals surface area contributed by atoms with Gasteiger partial charge in [-0.15, -0.1) is 0 Å². The predicted molar refractivity (Wildman–Crippen MR) is 189 cm³/mol. The number of nitrogens with one attached hydrogen (secondary N) is 2. The Morgan fingerprint density at radius 3 is 1.23 bits per heavy atom. The number of hydrogen-bond acceptors (Lipinski definition) is 12. The van der Waals surface area contributed by atoms with Crippen molar-refractivity contribution in [3.8, 4) is 0 Å². The van der Waals surface area contributed by atoms with Crippen molar-refractivity contribution < 1.29 is 19.1 Å². The Hall–Kier alpha value is -1.91. The molecule has 274 valence electrons. The summed E-state index contributed by atoms with van der Waals surface area (Å²) >= 11 is 0. The number of ether oxygens (including phenoxy) is 1. The van der Waals surface area contributed by atoms with Crippen molar-refractivity contribution in [1.29, 1.82) is 0 Å². The summed E-state index contributed by atoms with van der Waals surface area (Å²) < 4.78 is 5.01. The van der Waals surface area contributed by atoms with Crippen LogP contribution in [0.4, 0.5) is 0 Å². The van der Waals surface area contributed by atoms with E-state index >= 15 is 0 Å². The van der Waals surface area contributed by atoms with Gasteiger partial charge in [0.25, 0.3) is 0 Å². The maximum absolute atomic E-state index is 13.1. The molecule has 0 spiro atoms. The highest BCUT2D eigenvalue weighted by atomic mass is 16.5. The standard InChI is InChI=1S/C33H68N10O4/c1-36-12-16-38(3)20-24-42(25-21-39(4)17-13-36)28-31(44)34-11-9-8-10-30(33(46)47-7)35-32(45)29-43-26-22-40(5)18-14-37(2)15-19-41(6)23-27-43/h30H,8-29H2,1-7H3,(H,34,44)(H,35,45)/t30-/m0/s1. The summed E-state index contributed by atoms with van der Waals surface area (Å²) in [5.41, 5.74) is 0. The van der Waals surface area contributed by atoms with Gasteiger partial charge in [0.2, 0.25) is 11.8 Å². The Morgan fingerprint density at radius 1 is 0.532 bits per heavy atom. The molecule has 2 aliphatic rings. The summed E-state index contributed by atoms with van der Waals surface area (Å²) in [6, 6.07) is -0.701. The highest BCUT2D eigenvalue weighted by Crippen LogP contribution is 2.04. The van der Waals surface area contributed by atoms with Crippen molar-refractivity contribution in [3.05, 3.63) is 0 Å². The Morgan fingerprint density at radius 2 is 0.872 bits per heavy atom. The third-order valence-corrected chi connectivity index (χ3v) is 9.44. The maximum Gasteiger partial charge on any atom is 0.328 e. The lowest BCUT2D eigenvalue weighted by molar-refractivity contribution is -0.145. The lowest BCUT2D eigenvalue weighted by Crippen LogP contribution is -2.49. The van der Waals surface area contributed by atoms with Crippen LogP contribution in [0.2, 0.25) is 0 Å². The first-order valence-corrected chi connectivity index (χ1v) is 17.6. The molecular weight excluding hydrogens is 600 g/mol. The fourth-order valence-corrected chi connectivity index (χ4v) is 5.62. The molecule has 47 heavy (non-hydrogen) atoms. The molecule has 0 aromatic carbocycles. The molecule has 0 aromatic rings. The number of rotatable bonds is 11. The first-order chi connectivity index (χ1) is 22.4. The Kier molecular flexibility index (Phi) is 20.6. The van der Waals surface area contributed by atoms with Gasteiger partial charge in [0.1, 0.15) is 6.04 Å². The van der Waals surface area contributed by atoms with Gasteiger partial charge in [-0.3, -0.25) is 19.4 Å². The number of unbranched alkanes of at least 4 members (excludes halogenated alkanes) is 1. The molecular formula is C33H68N10O4. The largest absolute Gasteiger partial charge is 0.467 e. The fourth-order valence-electron chi connectivity index (χ4n) is 5.62. The molecule has 2 N–H and O–H groups in total. The summed E-state index contributed by atoms with van der Waals surface area (Å²) in [7, 11) is 14.2. The molecule has 2 aliphatic heterocycles. The van der Waals surface area contributed by atoms with Crippen LogP contribution in [0.15, 0.2) is 0 Å². The van der Waals surface area contributed by atoms with E-state index in [4.69, 9.17) is 4.74 Å². The van der Waals surface area contributed by atoms with Gasteiger partial charge < -0.3 is 44.8 Å². The molecule has 2 heterocycles. The average molecular weight is 669 g/mol. The van der Waals surface area contributed by atoms with E-state index in [1.165, 1.54) is 7.11 Å². The van der Waals surface area contributed by atoms with Crippen LogP contribution < -0.4 is 10.6 Å². The van der Waals surface area contributed by atoms with E-state index in [1.807, 2.05) is 0 Å². The van der Waals surface area contributed by atoms with Gasteiger partial charge in [-0.05, 0) is 61.5 Å². The first-order valence-electron chi connectivity index (χ1n) is 17.6. The van der Waals surface area contributed by atoms with Crippen molar-refractivity contribution in [2.45, 2.75) is 25.3 Å². The monoisotopic (exact) mass is 669 g/mol. The Labute approximate surface area is 285 Å². The highest BCUT2D eigenvalue weighted by Gasteiger charge is 2.23. The van der Waals surface area contributed by atoms with Gasteiger partial charge in [0.05, 0.1) is 20.2 Å². The Balaban J connectivity index is 1.77. The lowest BCUT2D eigenvalue weighted by atomic mass is 10.1. The first kappa shape index (κ1) is 41.3. The molecule has 2 rings (SSSR count). The van der Waals surface area contributed by atoms with Crippen LogP contribution in [0.5, 0.6) is 0 Å². The van der Waals surface area contributed by atoms with E-state index < -0.39 is 12.0 Å². The molecule has 14 nitrogen and oxygen atoms in total. The van der Waals surface area contributed by atoms with E-state index in [0.717, 1.165) is 105 Å².